The van der Waals surface area contributed by atoms with Gasteiger partial charge in [0.2, 0.25) is 11.7 Å². The predicted octanol–water partition coefficient (Wildman–Crippen LogP) is 2.63. The van der Waals surface area contributed by atoms with Gasteiger partial charge >= 0.3 is 0 Å². The Morgan fingerprint density at radius 2 is 2.21 bits per heavy atom. The fourth-order valence-corrected chi connectivity index (χ4v) is 3.08. The van der Waals surface area contributed by atoms with E-state index in [2.05, 4.69) is 16.4 Å². The zero-order valence-corrected chi connectivity index (χ0v) is 12.5. The van der Waals surface area contributed by atoms with Crippen molar-refractivity contribution in [3.05, 3.63) is 11.7 Å². The molecule has 1 atom stereocenters. The number of nitrogens with two attached hydrogens (primary N) is 1. The van der Waals surface area contributed by atoms with Crippen LogP contribution in [-0.4, -0.2) is 28.8 Å². The molecule has 2 rings (SSSR count). The van der Waals surface area contributed by atoms with Crippen LogP contribution in [0.1, 0.15) is 56.8 Å². The molecule has 0 radical (unpaired) electrons. The van der Waals surface area contributed by atoms with Crippen molar-refractivity contribution < 1.29 is 9.26 Å². The Labute approximate surface area is 118 Å². The van der Waals surface area contributed by atoms with Gasteiger partial charge < -0.3 is 15.0 Å². The lowest BCUT2D eigenvalue weighted by Gasteiger charge is -2.24. The number of ether oxygens (including phenoxy) is 1. The molecular weight excluding hydrogens is 262 g/mol. The van der Waals surface area contributed by atoms with E-state index in [-0.39, 0.29) is 11.6 Å². The van der Waals surface area contributed by atoms with Crippen LogP contribution in [0.3, 0.4) is 0 Å². The van der Waals surface area contributed by atoms with E-state index in [1.807, 2.05) is 6.92 Å². The minimum atomic E-state index is -0.338. The van der Waals surface area contributed by atoms with E-state index in [9.17, 15) is 0 Å². The Morgan fingerprint density at radius 1 is 1.47 bits per heavy atom. The van der Waals surface area contributed by atoms with Crippen LogP contribution in [0, 0.1) is 0 Å². The number of thioether (sulfide) groups is 1. The van der Waals surface area contributed by atoms with E-state index >= 15 is 0 Å². The molecule has 5 nitrogen and oxygen atoms in total. The lowest BCUT2D eigenvalue weighted by Crippen LogP contribution is -2.28. The summed E-state index contributed by atoms with van der Waals surface area (Å²) in [7, 11) is 0. The second-order valence-electron chi connectivity index (χ2n) is 4.98. The third-order valence-electron chi connectivity index (χ3n) is 3.63. The molecule has 0 amide bonds. The monoisotopic (exact) mass is 285 g/mol. The molecule has 1 fully saturated rings. The van der Waals surface area contributed by atoms with Gasteiger partial charge in [0.05, 0.1) is 6.04 Å². The van der Waals surface area contributed by atoms with Crippen LogP contribution in [0.15, 0.2) is 4.52 Å². The molecule has 1 aromatic rings. The molecule has 0 unspecified atom stereocenters. The highest BCUT2D eigenvalue weighted by Gasteiger charge is 2.41. The summed E-state index contributed by atoms with van der Waals surface area (Å²) in [5.74, 6) is 2.21. The SMILES string of the molecule is CCOC1(c2noc([C@H](N)CCSC)n2)CCCC1. The number of aromatic nitrogens is 2. The summed E-state index contributed by atoms with van der Waals surface area (Å²) in [4.78, 5) is 4.50. The van der Waals surface area contributed by atoms with Gasteiger partial charge in [-0.3, -0.25) is 0 Å². The van der Waals surface area contributed by atoms with Gasteiger partial charge in [-0.2, -0.15) is 16.7 Å². The summed E-state index contributed by atoms with van der Waals surface area (Å²) in [6, 6.07) is -0.172. The van der Waals surface area contributed by atoms with Gasteiger partial charge in [0.25, 0.3) is 0 Å². The van der Waals surface area contributed by atoms with E-state index < -0.39 is 0 Å². The summed E-state index contributed by atoms with van der Waals surface area (Å²) >= 11 is 1.77. The van der Waals surface area contributed by atoms with Gasteiger partial charge in [0, 0.05) is 6.61 Å². The van der Waals surface area contributed by atoms with Crippen molar-refractivity contribution in [3.63, 3.8) is 0 Å². The number of hydrogen-bond donors (Lipinski definition) is 1. The van der Waals surface area contributed by atoms with Crippen molar-refractivity contribution in [2.75, 3.05) is 18.6 Å². The molecule has 1 heterocycles. The first kappa shape index (κ1) is 14.8. The average molecular weight is 285 g/mol. The quantitative estimate of drug-likeness (QED) is 0.830. The van der Waals surface area contributed by atoms with Gasteiger partial charge in [0.1, 0.15) is 5.60 Å². The van der Waals surface area contributed by atoms with Crippen molar-refractivity contribution in [2.45, 2.75) is 50.7 Å². The summed E-state index contributed by atoms with van der Waals surface area (Å²) in [6.45, 7) is 2.67. The molecule has 1 aromatic heterocycles. The fraction of sp³-hybridized carbons (Fsp3) is 0.846. The largest absolute Gasteiger partial charge is 0.367 e. The van der Waals surface area contributed by atoms with Crippen LogP contribution in [0.2, 0.25) is 0 Å². The van der Waals surface area contributed by atoms with Crippen molar-refractivity contribution >= 4 is 11.8 Å². The van der Waals surface area contributed by atoms with Crippen LogP contribution in [-0.2, 0) is 10.3 Å². The molecule has 0 bridgehead atoms. The van der Waals surface area contributed by atoms with E-state index in [1.165, 1.54) is 0 Å². The van der Waals surface area contributed by atoms with Crippen LogP contribution < -0.4 is 5.73 Å². The van der Waals surface area contributed by atoms with E-state index in [1.54, 1.807) is 11.8 Å². The van der Waals surface area contributed by atoms with E-state index in [4.69, 9.17) is 15.0 Å². The smallest absolute Gasteiger partial charge is 0.243 e. The normalized spacial score (nSPS) is 19.7. The standard InChI is InChI=1S/C13H23N3O2S/c1-3-17-13(7-4-5-8-13)12-15-11(18-16-12)10(14)6-9-19-2/h10H,3-9,14H2,1-2H3/t10-/m1/s1. The third-order valence-corrected chi connectivity index (χ3v) is 4.28. The minimum absolute atomic E-state index is 0.172. The van der Waals surface area contributed by atoms with Gasteiger partial charge in [-0.1, -0.05) is 5.16 Å². The van der Waals surface area contributed by atoms with Crippen molar-refractivity contribution in [1.29, 1.82) is 0 Å². The molecule has 0 aromatic carbocycles. The molecule has 1 aliphatic rings. The lowest BCUT2D eigenvalue weighted by atomic mass is 10.0. The molecule has 0 saturated heterocycles. The topological polar surface area (TPSA) is 74.2 Å². The second-order valence-corrected chi connectivity index (χ2v) is 5.96. The zero-order chi connectivity index (χ0) is 13.7. The Balaban J connectivity index is 2.10. The number of rotatable bonds is 7. The fourth-order valence-electron chi connectivity index (χ4n) is 2.59. The first-order chi connectivity index (χ1) is 9.22. The molecule has 19 heavy (non-hydrogen) atoms. The molecule has 2 N–H and O–H groups in total. The maximum Gasteiger partial charge on any atom is 0.243 e. The Morgan fingerprint density at radius 3 is 2.84 bits per heavy atom. The Bertz CT molecular complexity index is 391. The molecule has 108 valence electrons. The predicted molar refractivity (Wildman–Crippen MR) is 76.0 cm³/mol. The van der Waals surface area contributed by atoms with Gasteiger partial charge in [0.15, 0.2) is 0 Å². The second kappa shape index (κ2) is 6.72. The van der Waals surface area contributed by atoms with Gasteiger partial charge in [-0.25, -0.2) is 0 Å². The van der Waals surface area contributed by atoms with E-state index in [0.717, 1.165) is 37.9 Å². The van der Waals surface area contributed by atoms with Crippen molar-refractivity contribution in [1.82, 2.24) is 10.1 Å². The number of hydrogen-bond acceptors (Lipinski definition) is 6. The van der Waals surface area contributed by atoms with Crippen LogP contribution in [0.25, 0.3) is 0 Å². The first-order valence-electron chi connectivity index (χ1n) is 6.94. The van der Waals surface area contributed by atoms with Crippen molar-refractivity contribution in [3.8, 4) is 0 Å². The number of nitrogens with zero attached hydrogens (tertiary/aromatic N) is 2. The van der Waals surface area contributed by atoms with E-state index in [0.29, 0.717) is 18.3 Å². The highest BCUT2D eigenvalue weighted by Crippen LogP contribution is 2.40. The Hall–Kier alpha value is -0.590. The van der Waals surface area contributed by atoms with Crippen LogP contribution in [0.5, 0.6) is 0 Å². The summed E-state index contributed by atoms with van der Waals surface area (Å²) in [5, 5.41) is 4.12. The van der Waals surface area contributed by atoms with Gasteiger partial charge in [-0.15, -0.1) is 0 Å². The zero-order valence-electron chi connectivity index (χ0n) is 11.7. The first-order valence-corrected chi connectivity index (χ1v) is 8.34. The molecule has 1 aliphatic carbocycles. The molecule has 1 saturated carbocycles. The maximum absolute atomic E-state index is 6.06. The summed E-state index contributed by atoms with van der Waals surface area (Å²) < 4.78 is 11.3. The minimum Gasteiger partial charge on any atom is -0.367 e. The van der Waals surface area contributed by atoms with Crippen molar-refractivity contribution in [2.24, 2.45) is 5.73 Å². The lowest BCUT2D eigenvalue weighted by molar-refractivity contribution is -0.0469. The molecular formula is C13H23N3O2S. The Kier molecular flexibility index (Phi) is 5.24. The summed E-state index contributed by atoms with van der Waals surface area (Å²) in [5.41, 5.74) is 5.72. The highest BCUT2D eigenvalue weighted by molar-refractivity contribution is 7.98. The summed E-state index contributed by atoms with van der Waals surface area (Å²) in [6.07, 6.45) is 7.17. The van der Waals surface area contributed by atoms with Crippen LogP contribution >= 0.6 is 11.8 Å². The molecule has 0 spiro atoms. The third kappa shape index (κ3) is 3.30. The van der Waals surface area contributed by atoms with Crippen LogP contribution in [0.4, 0.5) is 0 Å². The molecule has 0 aliphatic heterocycles. The highest BCUT2D eigenvalue weighted by atomic mass is 32.2. The maximum atomic E-state index is 6.06. The average Bonchev–Trinajstić information content (AvgIpc) is 3.05. The molecule has 6 heteroatoms. The van der Waals surface area contributed by atoms with Gasteiger partial charge in [-0.05, 0) is 51.0 Å².